The molecule has 19 heavy (non-hydrogen) atoms. The second-order valence-electron chi connectivity index (χ2n) is 5.65. The van der Waals surface area contributed by atoms with Gasteiger partial charge in [-0.25, -0.2) is 0 Å². The Morgan fingerprint density at radius 3 is 2.21 bits per heavy atom. The maximum absolute atomic E-state index is 10.6. The van der Waals surface area contributed by atoms with E-state index in [0.717, 1.165) is 11.1 Å². The van der Waals surface area contributed by atoms with Crippen molar-refractivity contribution in [2.45, 2.75) is 58.5 Å². The van der Waals surface area contributed by atoms with E-state index >= 15 is 0 Å². The molecule has 0 aliphatic carbocycles. The summed E-state index contributed by atoms with van der Waals surface area (Å²) in [5.74, 6) is -0.111. The molecule has 1 aromatic rings. The van der Waals surface area contributed by atoms with E-state index in [9.17, 15) is 9.90 Å². The molecular formula is C16H24O3. The number of rotatable bonds is 6. The van der Waals surface area contributed by atoms with Gasteiger partial charge in [0.25, 0.3) is 0 Å². The minimum atomic E-state index is -0.871. The minimum absolute atomic E-state index is 0.00929. The fraction of sp³-hybridized carbons (Fsp3) is 0.562. The molecule has 0 spiro atoms. The summed E-state index contributed by atoms with van der Waals surface area (Å²) in [5, 5.41) is 18.9. The van der Waals surface area contributed by atoms with E-state index in [2.05, 4.69) is 33.8 Å². The molecule has 106 valence electrons. The van der Waals surface area contributed by atoms with Gasteiger partial charge in [-0.1, -0.05) is 45.9 Å². The van der Waals surface area contributed by atoms with Crippen LogP contribution in [0.15, 0.2) is 18.2 Å². The zero-order valence-corrected chi connectivity index (χ0v) is 12.2. The summed E-state index contributed by atoms with van der Waals surface area (Å²) in [6.07, 6.45) is -0.449. The molecule has 0 heterocycles. The highest BCUT2D eigenvalue weighted by atomic mass is 16.4. The molecule has 0 aliphatic heterocycles. The van der Waals surface area contributed by atoms with E-state index < -0.39 is 12.1 Å². The molecule has 0 amide bonds. The van der Waals surface area contributed by atoms with Crippen molar-refractivity contribution < 1.29 is 15.0 Å². The van der Waals surface area contributed by atoms with Crippen molar-refractivity contribution in [3.63, 3.8) is 0 Å². The van der Waals surface area contributed by atoms with Crippen molar-refractivity contribution in [3.8, 4) is 0 Å². The summed E-state index contributed by atoms with van der Waals surface area (Å²) < 4.78 is 0. The summed E-state index contributed by atoms with van der Waals surface area (Å²) in [5.41, 5.74) is 3.22. The lowest BCUT2D eigenvalue weighted by Crippen LogP contribution is -2.07. The van der Waals surface area contributed by atoms with Gasteiger partial charge in [0.15, 0.2) is 0 Å². The summed E-state index contributed by atoms with van der Waals surface area (Å²) >= 11 is 0. The molecule has 0 saturated carbocycles. The predicted octanol–water partition coefficient (Wildman–Crippen LogP) is 3.83. The molecular weight excluding hydrogens is 240 g/mol. The molecule has 3 nitrogen and oxygen atoms in total. The molecule has 1 aromatic carbocycles. The Bertz CT molecular complexity index is 436. The topological polar surface area (TPSA) is 57.5 Å². The number of carbonyl (C=O) groups is 1. The van der Waals surface area contributed by atoms with Gasteiger partial charge in [0.1, 0.15) is 0 Å². The maximum atomic E-state index is 10.6. The number of hydrogen-bond donors (Lipinski definition) is 2. The molecule has 0 unspecified atom stereocenters. The van der Waals surface area contributed by atoms with E-state index in [0.29, 0.717) is 11.8 Å². The quantitative estimate of drug-likeness (QED) is 0.821. The highest BCUT2D eigenvalue weighted by Gasteiger charge is 2.16. The van der Waals surface area contributed by atoms with Crippen molar-refractivity contribution in [2.75, 3.05) is 0 Å². The third-order valence-electron chi connectivity index (χ3n) is 3.39. The zero-order chi connectivity index (χ0) is 14.6. The average molecular weight is 264 g/mol. The number of hydrogen-bond acceptors (Lipinski definition) is 2. The molecule has 0 bridgehead atoms. The Morgan fingerprint density at radius 1 is 1.11 bits per heavy atom. The van der Waals surface area contributed by atoms with Crippen LogP contribution in [-0.4, -0.2) is 16.2 Å². The van der Waals surface area contributed by atoms with Crippen LogP contribution in [0.25, 0.3) is 0 Å². The molecule has 3 heteroatoms. The highest BCUT2D eigenvalue weighted by molar-refractivity contribution is 5.66. The second-order valence-corrected chi connectivity index (χ2v) is 5.65. The number of aliphatic hydroxyl groups is 1. The Hall–Kier alpha value is -1.35. The predicted molar refractivity (Wildman–Crippen MR) is 76.4 cm³/mol. The van der Waals surface area contributed by atoms with E-state index in [1.54, 1.807) is 0 Å². The van der Waals surface area contributed by atoms with Crippen LogP contribution in [0.2, 0.25) is 0 Å². The first-order valence-electron chi connectivity index (χ1n) is 6.86. The fourth-order valence-electron chi connectivity index (χ4n) is 2.17. The third kappa shape index (κ3) is 4.35. The van der Waals surface area contributed by atoms with Gasteiger partial charge in [-0.15, -0.1) is 0 Å². The zero-order valence-electron chi connectivity index (χ0n) is 12.2. The molecule has 0 aliphatic rings. The Labute approximate surface area is 115 Å². The summed E-state index contributed by atoms with van der Waals surface area (Å²) in [7, 11) is 0. The van der Waals surface area contributed by atoms with Gasteiger partial charge in [-0.2, -0.15) is 0 Å². The normalized spacial score (nSPS) is 13.0. The van der Waals surface area contributed by atoms with E-state index in [1.165, 1.54) is 5.56 Å². The van der Waals surface area contributed by atoms with Crippen LogP contribution in [-0.2, 0) is 4.79 Å². The lowest BCUT2D eigenvalue weighted by molar-refractivity contribution is -0.137. The molecule has 0 radical (unpaired) electrons. The van der Waals surface area contributed by atoms with Crippen LogP contribution in [0.5, 0.6) is 0 Å². The smallest absolute Gasteiger partial charge is 0.303 e. The standard InChI is InChI=1S/C16H24O3/c1-10(2)12-5-6-13(14(9-12)11(3)4)15(17)7-8-16(18)19/h5-6,9-11,15,17H,7-8H2,1-4H3,(H,18,19)/t15-/m1/s1. The summed E-state index contributed by atoms with van der Waals surface area (Å²) in [6.45, 7) is 8.46. The Kier molecular flexibility index (Phi) is 5.55. The lowest BCUT2D eigenvalue weighted by atomic mass is 9.88. The number of aliphatic carboxylic acids is 1. The number of benzene rings is 1. The largest absolute Gasteiger partial charge is 0.481 e. The number of aliphatic hydroxyl groups excluding tert-OH is 1. The first-order chi connectivity index (χ1) is 8.82. The van der Waals surface area contributed by atoms with E-state index in [1.807, 2.05) is 12.1 Å². The van der Waals surface area contributed by atoms with Crippen molar-refractivity contribution in [1.29, 1.82) is 0 Å². The Morgan fingerprint density at radius 2 is 1.74 bits per heavy atom. The van der Waals surface area contributed by atoms with Crippen molar-refractivity contribution >= 4 is 5.97 Å². The molecule has 0 aromatic heterocycles. The number of carboxylic acids is 1. The molecule has 0 fully saturated rings. The number of carboxylic acid groups (broad SMARTS) is 1. The Balaban J connectivity index is 3.02. The van der Waals surface area contributed by atoms with Crippen LogP contribution < -0.4 is 0 Å². The van der Waals surface area contributed by atoms with Gasteiger partial charge in [-0.05, 0) is 34.9 Å². The molecule has 0 saturated heterocycles. The van der Waals surface area contributed by atoms with Crippen molar-refractivity contribution in [2.24, 2.45) is 0 Å². The van der Waals surface area contributed by atoms with E-state index in [-0.39, 0.29) is 12.8 Å². The van der Waals surface area contributed by atoms with Crippen molar-refractivity contribution in [1.82, 2.24) is 0 Å². The van der Waals surface area contributed by atoms with Crippen LogP contribution in [0.4, 0.5) is 0 Å². The molecule has 2 N–H and O–H groups in total. The van der Waals surface area contributed by atoms with Gasteiger partial charge in [0.2, 0.25) is 0 Å². The minimum Gasteiger partial charge on any atom is -0.481 e. The van der Waals surface area contributed by atoms with Gasteiger partial charge >= 0.3 is 5.97 Å². The van der Waals surface area contributed by atoms with Crippen molar-refractivity contribution in [3.05, 3.63) is 34.9 Å². The van der Waals surface area contributed by atoms with Crippen LogP contribution in [0, 0.1) is 0 Å². The average Bonchev–Trinajstić information content (AvgIpc) is 2.34. The highest BCUT2D eigenvalue weighted by Crippen LogP contribution is 2.30. The van der Waals surface area contributed by atoms with Gasteiger partial charge in [0.05, 0.1) is 6.10 Å². The first kappa shape index (κ1) is 15.7. The summed E-state index contributed by atoms with van der Waals surface area (Å²) in [4.78, 5) is 10.6. The van der Waals surface area contributed by atoms with Gasteiger partial charge in [-0.3, -0.25) is 4.79 Å². The monoisotopic (exact) mass is 264 g/mol. The maximum Gasteiger partial charge on any atom is 0.303 e. The van der Waals surface area contributed by atoms with E-state index in [4.69, 9.17) is 5.11 Å². The lowest BCUT2D eigenvalue weighted by Gasteiger charge is -2.20. The fourth-order valence-corrected chi connectivity index (χ4v) is 2.17. The van der Waals surface area contributed by atoms with Crippen LogP contribution in [0.1, 0.15) is 75.2 Å². The van der Waals surface area contributed by atoms with Crippen LogP contribution >= 0.6 is 0 Å². The van der Waals surface area contributed by atoms with Gasteiger partial charge in [0, 0.05) is 6.42 Å². The van der Waals surface area contributed by atoms with Crippen LogP contribution in [0.3, 0.4) is 0 Å². The second kappa shape index (κ2) is 6.71. The first-order valence-corrected chi connectivity index (χ1v) is 6.86. The molecule has 1 rings (SSSR count). The third-order valence-corrected chi connectivity index (χ3v) is 3.39. The summed E-state index contributed by atoms with van der Waals surface area (Å²) in [6, 6.07) is 6.10. The molecule has 1 atom stereocenters. The SMILES string of the molecule is CC(C)c1ccc([C@H](O)CCC(=O)O)c(C(C)C)c1. The van der Waals surface area contributed by atoms with Gasteiger partial charge < -0.3 is 10.2 Å².